The van der Waals surface area contributed by atoms with Gasteiger partial charge in [-0.15, -0.1) is 24.0 Å². The molecular weight excluding hydrogens is 465 g/mol. The smallest absolute Gasteiger partial charge is 0.223 e. The van der Waals surface area contributed by atoms with Gasteiger partial charge in [-0.1, -0.05) is 36.4 Å². The van der Waals surface area contributed by atoms with E-state index in [0.29, 0.717) is 25.5 Å². The maximum atomic E-state index is 12.2. The lowest BCUT2D eigenvalue weighted by molar-refractivity contribution is -0.127. The molecule has 0 spiro atoms. The number of guanidine groups is 1. The molecule has 1 aromatic heterocycles. The minimum absolute atomic E-state index is 0. The SMILES string of the molecule is I.NC(=NCC1CC(=O)N(CCc2ccccc2)C1)NCCc1ccccn1. The van der Waals surface area contributed by atoms with Crippen LogP contribution in [0.1, 0.15) is 17.7 Å². The van der Waals surface area contributed by atoms with Gasteiger partial charge in [0.05, 0.1) is 0 Å². The first-order chi connectivity index (χ1) is 13.2. The van der Waals surface area contributed by atoms with E-state index in [4.69, 9.17) is 5.73 Å². The fraction of sp³-hybridized carbons (Fsp3) is 0.381. The highest BCUT2D eigenvalue weighted by atomic mass is 127. The molecule has 0 radical (unpaired) electrons. The van der Waals surface area contributed by atoms with Gasteiger partial charge in [-0.25, -0.2) is 0 Å². The number of nitrogens with two attached hydrogens (primary N) is 1. The molecule has 0 bridgehead atoms. The zero-order valence-corrected chi connectivity index (χ0v) is 18.3. The van der Waals surface area contributed by atoms with Crippen LogP contribution in [-0.4, -0.2) is 47.9 Å². The fourth-order valence-electron chi connectivity index (χ4n) is 3.25. The second kappa shape index (κ2) is 11.6. The Kier molecular flexibility index (Phi) is 9.19. The normalized spacial score (nSPS) is 16.7. The van der Waals surface area contributed by atoms with Gasteiger partial charge in [0.1, 0.15) is 0 Å². The number of pyridine rings is 1. The van der Waals surface area contributed by atoms with Gasteiger partial charge in [0.25, 0.3) is 0 Å². The van der Waals surface area contributed by atoms with Crippen LogP contribution < -0.4 is 11.1 Å². The standard InChI is InChI=1S/C21H27N5O.HI/c22-21(24-12-9-19-8-4-5-11-23-19)25-15-18-14-20(27)26(16-18)13-10-17-6-2-1-3-7-17;/h1-8,11,18H,9-10,12-16H2,(H3,22,24,25);1H. The van der Waals surface area contributed by atoms with Crippen molar-refractivity contribution >= 4 is 35.8 Å². The molecule has 3 N–H and O–H groups in total. The van der Waals surface area contributed by atoms with Crippen LogP contribution in [0.5, 0.6) is 0 Å². The number of aliphatic imine (C=N–C) groups is 1. The molecule has 1 atom stereocenters. The van der Waals surface area contributed by atoms with E-state index in [2.05, 4.69) is 27.4 Å². The second-order valence-corrected chi connectivity index (χ2v) is 6.87. The molecule has 1 aliphatic heterocycles. The van der Waals surface area contributed by atoms with Crippen molar-refractivity contribution in [3.05, 3.63) is 66.0 Å². The van der Waals surface area contributed by atoms with Crippen LogP contribution in [0.15, 0.2) is 59.7 Å². The Bertz CT molecular complexity index is 754. The number of nitrogens with one attached hydrogen (secondary N) is 1. The Hall–Kier alpha value is -2.16. The number of hydrogen-bond donors (Lipinski definition) is 2. The van der Waals surface area contributed by atoms with E-state index in [1.165, 1.54) is 5.56 Å². The summed E-state index contributed by atoms with van der Waals surface area (Å²) in [4.78, 5) is 22.8. The van der Waals surface area contributed by atoms with Crippen LogP contribution in [-0.2, 0) is 17.6 Å². The summed E-state index contributed by atoms with van der Waals surface area (Å²) in [7, 11) is 0. The number of amides is 1. The van der Waals surface area contributed by atoms with Crippen molar-refractivity contribution < 1.29 is 4.79 Å². The van der Waals surface area contributed by atoms with Gasteiger partial charge >= 0.3 is 0 Å². The highest BCUT2D eigenvalue weighted by molar-refractivity contribution is 14.0. The number of carbonyl (C=O) groups is 1. The third-order valence-electron chi connectivity index (χ3n) is 4.74. The first-order valence-electron chi connectivity index (χ1n) is 9.46. The maximum Gasteiger partial charge on any atom is 0.223 e. The third-order valence-corrected chi connectivity index (χ3v) is 4.74. The van der Waals surface area contributed by atoms with Crippen LogP contribution in [0, 0.1) is 5.92 Å². The molecule has 7 heteroatoms. The van der Waals surface area contributed by atoms with Crippen molar-refractivity contribution in [1.29, 1.82) is 0 Å². The lowest BCUT2D eigenvalue weighted by Crippen LogP contribution is -2.34. The predicted molar refractivity (Wildman–Crippen MR) is 123 cm³/mol. The van der Waals surface area contributed by atoms with Gasteiger partial charge < -0.3 is 16.0 Å². The zero-order chi connectivity index (χ0) is 18.9. The fourth-order valence-corrected chi connectivity index (χ4v) is 3.25. The summed E-state index contributed by atoms with van der Waals surface area (Å²) in [6, 6.07) is 16.1. The molecule has 2 heterocycles. The average Bonchev–Trinajstić information content (AvgIpc) is 3.06. The van der Waals surface area contributed by atoms with E-state index in [9.17, 15) is 4.79 Å². The number of carbonyl (C=O) groups excluding carboxylic acids is 1. The Morgan fingerprint density at radius 2 is 1.96 bits per heavy atom. The number of hydrogen-bond acceptors (Lipinski definition) is 3. The Morgan fingerprint density at radius 3 is 2.71 bits per heavy atom. The second-order valence-electron chi connectivity index (χ2n) is 6.87. The monoisotopic (exact) mass is 493 g/mol. The maximum absolute atomic E-state index is 12.2. The number of benzene rings is 1. The largest absolute Gasteiger partial charge is 0.370 e. The van der Waals surface area contributed by atoms with Crippen LogP contribution in [0.4, 0.5) is 0 Å². The van der Waals surface area contributed by atoms with E-state index >= 15 is 0 Å². The molecule has 2 aromatic rings. The van der Waals surface area contributed by atoms with E-state index in [0.717, 1.165) is 31.6 Å². The summed E-state index contributed by atoms with van der Waals surface area (Å²) in [5.74, 6) is 0.887. The Balaban J connectivity index is 0.00000280. The van der Waals surface area contributed by atoms with E-state index in [1.54, 1.807) is 6.20 Å². The molecule has 150 valence electrons. The molecule has 1 fully saturated rings. The van der Waals surface area contributed by atoms with Crippen molar-refractivity contribution in [1.82, 2.24) is 15.2 Å². The summed E-state index contributed by atoms with van der Waals surface area (Å²) in [6.45, 7) is 2.80. The van der Waals surface area contributed by atoms with Crippen molar-refractivity contribution in [2.24, 2.45) is 16.6 Å². The molecule has 1 aromatic carbocycles. The van der Waals surface area contributed by atoms with Gasteiger partial charge in [-0.05, 0) is 24.1 Å². The van der Waals surface area contributed by atoms with Gasteiger partial charge in [-0.2, -0.15) is 0 Å². The molecule has 1 amide bonds. The first-order valence-corrected chi connectivity index (χ1v) is 9.46. The Labute approximate surface area is 183 Å². The van der Waals surface area contributed by atoms with Gasteiger partial charge in [-0.3, -0.25) is 14.8 Å². The molecule has 1 aliphatic rings. The number of rotatable bonds is 8. The molecule has 28 heavy (non-hydrogen) atoms. The molecule has 3 rings (SSSR count). The van der Waals surface area contributed by atoms with E-state index < -0.39 is 0 Å². The van der Waals surface area contributed by atoms with E-state index in [1.807, 2.05) is 41.3 Å². The topological polar surface area (TPSA) is 83.6 Å². The summed E-state index contributed by atoms with van der Waals surface area (Å²) < 4.78 is 0. The summed E-state index contributed by atoms with van der Waals surface area (Å²) in [5, 5.41) is 3.11. The summed E-state index contributed by atoms with van der Waals surface area (Å²) in [5.41, 5.74) is 8.22. The molecule has 1 saturated heterocycles. The third kappa shape index (κ3) is 7.10. The molecular formula is C21H28IN5O. The van der Waals surface area contributed by atoms with Crippen molar-refractivity contribution in [3.8, 4) is 0 Å². The number of halogens is 1. The van der Waals surface area contributed by atoms with Gasteiger partial charge in [0.15, 0.2) is 5.96 Å². The highest BCUT2D eigenvalue weighted by Crippen LogP contribution is 2.18. The predicted octanol–water partition coefficient (Wildman–Crippen LogP) is 2.24. The number of aromatic nitrogens is 1. The van der Waals surface area contributed by atoms with Gasteiger partial charge in [0.2, 0.25) is 5.91 Å². The number of nitrogens with zero attached hydrogens (tertiary/aromatic N) is 3. The quantitative estimate of drug-likeness (QED) is 0.336. The summed E-state index contributed by atoms with van der Waals surface area (Å²) >= 11 is 0. The lowest BCUT2D eigenvalue weighted by atomic mass is 10.1. The van der Waals surface area contributed by atoms with Crippen LogP contribution in [0.3, 0.4) is 0 Å². The molecule has 0 aliphatic carbocycles. The van der Waals surface area contributed by atoms with Crippen molar-refractivity contribution in [3.63, 3.8) is 0 Å². The van der Waals surface area contributed by atoms with Crippen molar-refractivity contribution in [2.75, 3.05) is 26.2 Å². The minimum Gasteiger partial charge on any atom is -0.370 e. The lowest BCUT2D eigenvalue weighted by Gasteiger charge is -2.16. The highest BCUT2D eigenvalue weighted by Gasteiger charge is 2.28. The molecule has 0 saturated carbocycles. The number of likely N-dealkylation sites (tertiary alicyclic amines) is 1. The van der Waals surface area contributed by atoms with E-state index in [-0.39, 0.29) is 35.8 Å². The first kappa shape index (κ1) is 22.1. The van der Waals surface area contributed by atoms with Gasteiger partial charge in [0, 0.05) is 56.8 Å². The zero-order valence-electron chi connectivity index (χ0n) is 16.0. The Morgan fingerprint density at radius 1 is 1.18 bits per heavy atom. The van der Waals surface area contributed by atoms with Crippen LogP contribution in [0.25, 0.3) is 0 Å². The van der Waals surface area contributed by atoms with Crippen LogP contribution >= 0.6 is 24.0 Å². The summed E-state index contributed by atoms with van der Waals surface area (Å²) in [6.07, 6.45) is 4.03. The van der Waals surface area contributed by atoms with Crippen molar-refractivity contribution in [2.45, 2.75) is 19.3 Å². The minimum atomic E-state index is 0. The van der Waals surface area contributed by atoms with Crippen LogP contribution in [0.2, 0.25) is 0 Å². The average molecular weight is 493 g/mol. The molecule has 1 unspecified atom stereocenters. The molecule has 6 nitrogen and oxygen atoms in total.